The summed E-state index contributed by atoms with van der Waals surface area (Å²) in [6.45, 7) is 12.5. The van der Waals surface area contributed by atoms with Crippen LogP contribution in [0.4, 0.5) is 0 Å². The lowest BCUT2D eigenvalue weighted by atomic mass is 9.99. The first kappa shape index (κ1) is 12.0. The van der Waals surface area contributed by atoms with Gasteiger partial charge in [0.2, 0.25) is 0 Å². The number of hydrogen-bond acceptors (Lipinski definition) is 1. The molecule has 0 aliphatic carbocycles. The Morgan fingerprint density at radius 1 is 1.25 bits per heavy atom. The molecule has 1 unspecified atom stereocenters. The lowest BCUT2D eigenvalue weighted by molar-refractivity contribution is 0.338. The van der Waals surface area contributed by atoms with Crippen LogP contribution in [0.25, 0.3) is 0 Å². The van der Waals surface area contributed by atoms with E-state index < -0.39 is 0 Å². The van der Waals surface area contributed by atoms with Gasteiger partial charge in [-0.25, -0.2) is 0 Å². The van der Waals surface area contributed by atoms with Gasteiger partial charge < -0.3 is 5.32 Å². The Labute approximate surface area is 77.9 Å². The number of hydrogen-bond donors (Lipinski definition) is 1. The molecule has 1 heteroatoms. The minimum absolute atomic E-state index is 0.321. The summed E-state index contributed by atoms with van der Waals surface area (Å²) in [7, 11) is 0. The quantitative estimate of drug-likeness (QED) is 0.647. The molecule has 0 aromatic rings. The zero-order valence-corrected chi connectivity index (χ0v) is 9.41. The van der Waals surface area contributed by atoms with Gasteiger partial charge in [-0.15, -0.1) is 0 Å². The van der Waals surface area contributed by atoms with Gasteiger partial charge in [-0.1, -0.05) is 27.2 Å². The molecule has 0 spiro atoms. The maximum absolute atomic E-state index is 3.59. The van der Waals surface area contributed by atoms with Gasteiger partial charge in [0.15, 0.2) is 0 Å². The molecule has 1 N–H and O–H groups in total. The number of rotatable bonds is 6. The van der Waals surface area contributed by atoms with E-state index in [2.05, 4.69) is 39.9 Å². The van der Waals surface area contributed by atoms with Gasteiger partial charge in [0.25, 0.3) is 0 Å². The highest BCUT2D eigenvalue weighted by atomic mass is 14.9. The molecular formula is C11H25N. The van der Waals surface area contributed by atoms with Gasteiger partial charge in [0.05, 0.1) is 0 Å². The minimum atomic E-state index is 0.321. The van der Waals surface area contributed by atoms with E-state index in [0.29, 0.717) is 5.54 Å². The van der Waals surface area contributed by atoms with Crippen molar-refractivity contribution in [1.29, 1.82) is 0 Å². The van der Waals surface area contributed by atoms with Crippen molar-refractivity contribution in [2.75, 3.05) is 6.54 Å². The normalized spacial score (nSPS) is 14.8. The van der Waals surface area contributed by atoms with Crippen LogP contribution >= 0.6 is 0 Å². The molecule has 0 saturated carbocycles. The molecule has 74 valence electrons. The summed E-state index contributed by atoms with van der Waals surface area (Å²) in [5.74, 6) is 0.820. The highest BCUT2D eigenvalue weighted by Gasteiger charge is 2.14. The first-order valence-electron chi connectivity index (χ1n) is 5.27. The third-order valence-electron chi connectivity index (χ3n) is 2.59. The van der Waals surface area contributed by atoms with Crippen LogP contribution < -0.4 is 5.32 Å². The van der Waals surface area contributed by atoms with Crippen LogP contribution in [-0.2, 0) is 0 Å². The van der Waals surface area contributed by atoms with E-state index in [4.69, 9.17) is 0 Å². The monoisotopic (exact) mass is 171 g/mol. The maximum atomic E-state index is 3.59. The molecule has 0 rings (SSSR count). The summed E-state index contributed by atoms with van der Waals surface area (Å²) in [4.78, 5) is 0. The Morgan fingerprint density at radius 2 is 1.83 bits per heavy atom. The van der Waals surface area contributed by atoms with Crippen LogP contribution in [0.5, 0.6) is 0 Å². The predicted octanol–water partition coefficient (Wildman–Crippen LogP) is 3.20. The Morgan fingerprint density at radius 3 is 2.25 bits per heavy atom. The Balaban J connectivity index is 3.52. The van der Waals surface area contributed by atoms with Gasteiger partial charge in [-0.3, -0.25) is 0 Å². The van der Waals surface area contributed by atoms with E-state index >= 15 is 0 Å². The standard InChI is InChI=1S/C11H25N/c1-6-8-10(3)9-12-11(4,5)7-2/h10,12H,6-9H2,1-5H3. The van der Waals surface area contributed by atoms with Crippen LogP contribution in [0.15, 0.2) is 0 Å². The summed E-state index contributed by atoms with van der Waals surface area (Å²) in [6.07, 6.45) is 3.84. The SMILES string of the molecule is CCCC(C)CNC(C)(C)CC. The fourth-order valence-corrected chi connectivity index (χ4v) is 1.17. The molecule has 0 aromatic heterocycles. The molecule has 0 radical (unpaired) electrons. The van der Waals surface area contributed by atoms with Gasteiger partial charge in [0.1, 0.15) is 0 Å². The highest BCUT2D eigenvalue weighted by Crippen LogP contribution is 2.09. The fourth-order valence-electron chi connectivity index (χ4n) is 1.17. The Bertz CT molecular complexity index is 108. The van der Waals surface area contributed by atoms with Crippen LogP contribution in [0.3, 0.4) is 0 Å². The van der Waals surface area contributed by atoms with E-state index in [9.17, 15) is 0 Å². The average molecular weight is 171 g/mol. The first-order chi connectivity index (χ1) is 5.52. The zero-order valence-electron chi connectivity index (χ0n) is 9.41. The number of nitrogens with one attached hydrogen (secondary N) is 1. The van der Waals surface area contributed by atoms with E-state index in [0.717, 1.165) is 12.5 Å². The van der Waals surface area contributed by atoms with Crippen LogP contribution in [-0.4, -0.2) is 12.1 Å². The molecule has 0 bridgehead atoms. The molecule has 0 heterocycles. The topological polar surface area (TPSA) is 12.0 Å². The fraction of sp³-hybridized carbons (Fsp3) is 1.00. The minimum Gasteiger partial charge on any atom is -0.312 e. The largest absolute Gasteiger partial charge is 0.312 e. The predicted molar refractivity (Wildman–Crippen MR) is 56.4 cm³/mol. The van der Waals surface area contributed by atoms with Crippen molar-refractivity contribution in [2.45, 2.75) is 59.4 Å². The molecule has 1 atom stereocenters. The maximum Gasteiger partial charge on any atom is 0.0122 e. The van der Waals surface area contributed by atoms with Crippen molar-refractivity contribution in [3.05, 3.63) is 0 Å². The second-order valence-corrected chi connectivity index (χ2v) is 4.51. The second kappa shape index (κ2) is 5.58. The average Bonchev–Trinajstić information content (AvgIpc) is 2.02. The lowest BCUT2D eigenvalue weighted by Crippen LogP contribution is -2.40. The van der Waals surface area contributed by atoms with Gasteiger partial charge >= 0.3 is 0 Å². The summed E-state index contributed by atoms with van der Waals surface area (Å²) < 4.78 is 0. The van der Waals surface area contributed by atoms with E-state index in [1.54, 1.807) is 0 Å². The third kappa shape index (κ3) is 5.59. The lowest BCUT2D eigenvalue weighted by Gasteiger charge is -2.26. The van der Waals surface area contributed by atoms with E-state index in [1.807, 2.05) is 0 Å². The Hall–Kier alpha value is -0.0400. The molecule has 0 saturated heterocycles. The van der Waals surface area contributed by atoms with Gasteiger partial charge in [-0.2, -0.15) is 0 Å². The molecule has 0 aromatic carbocycles. The smallest absolute Gasteiger partial charge is 0.0122 e. The van der Waals surface area contributed by atoms with Crippen LogP contribution in [0.1, 0.15) is 53.9 Å². The molecule has 0 fully saturated rings. The third-order valence-corrected chi connectivity index (χ3v) is 2.59. The summed E-state index contributed by atoms with van der Waals surface area (Å²) >= 11 is 0. The van der Waals surface area contributed by atoms with Crippen molar-refractivity contribution < 1.29 is 0 Å². The van der Waals surface area contributed by atoms with Gasteiger partial charge in [-0.05, 0) is 39.2 Å². The van der Waals surface area contributed by atoms with Crippen molar-refractivity contribution in [2.24, 2.45) is 5.92 Å². The summed E-state index contributed by atoms with van der Waals surface area (Å²) in [6, 6.07) is 0. The first-order valence-corrected chi connectivity index (χ1v) is 5.27. The van der Waals surface area contributed by atoms with Crippen molar-refractivity contribution in [1.82, 2.24) is 5.32 Å². The van der Waals surface area contributed by atoms with Crippen LogP contribution in [0, 0.1) is 5.92 Å². The van der Waals surface area contributed by atoms with Crippen molar-refractivity contribution >= 4 is 0 Å². The zero-order chi connectivity index (χ0) is 9.61. The summed E-state index contributed by atoms with van der Waals surface area (Å²) in [5.41, 5.74) is 0.321. The van der Waals surface area contributed by atoms with Crippen LogP contribution in [0.2, 0.25) is 0 Å². The van der Waals surface area contributed by atoms with E-state index in [1.165, 1.54) is 19.3 Å². The van der Waals surface area contributed by atoms with Gasteiger partial charge in [0, 0.05) is 5.54 Å². The summed E-state index contributed by atoms with van der Waals surface area (Å²) in [5, 5.41) is 3.59. The van der Waals surface area contributed by atoms with Crippen molar-refractivity contribution in [3.8, 4) is 0 Å². The molecular weight excluding hydrogens is 146 g/mol. The molecule has 0 aliphatic rings. The highest BCUT2D eigenvalue weighted by molar-refractivity contribution is 4.75. The Kier molecular flexibility index (Phi) is 5.56. The van der Waals surface area contributed by atoms with Crippen molar-refractivity contribution in [3.63, 3.8) is 0 Å². The molecule has 0 amide bonds. The van der Waals surface area contributed by atoms with E-state index in [-0.39, 0.29) is 0 Å². The second-order valence-electron chi connectivity index (χ2n) is 4.51. The molecule has 12 heavy (non-hydrogen) atoms. The molecule has 0 aliphatic heterocycles. The molecule has 1 nitrogen and oxygen atoms in total.